The van der Waals surface area contributed by atoms with E-state index in [1.54, 1.807) is 0 Å². The average Bonchev–Trinajstić information content (AvgIpc) is 2.52. The number of alkyl halides is 3. The van der Waals surface area contributed by atoms with E-state index in [1.807, 2.05) is 13.8 Å². The summed E-state index contributed by atoms with van der Waals surface area (Å²) in [7, 11) is 0. The van der Waals surface area contributed by atoms with Crippen LogP contribution in [0, 0.1) is 5.92 Å². The van der Waals surface area contributed by atoms with E-state index in [2.05, 4.69) is 5.32 Å². The van der Waals surface area contributed by atoms with Crippen molar-refractivity contribution in [3.05, 3.63) is 35.4 Å². The van der Waals surface area contributed by atoms with Crippen molar-refractivity contribution in [2.24, 2.45) is 5.92 Å². The second kappa shape index (κ2) is 7.98. The molecule has 1 aromatic rings. The zero-order valence-electron chi connectivity index (χ0n) is 13.7. The second-order valence-corrected chi connectivity index (χ2v) is 6.14. The molecule has 1 saturated heterocycles. The standard InChI is InChI=1S/C17H22F3NO3/c1-11(2)16(12-4-6-13(7-5-12)17(18,19)20)21-14(22)10-15-23-8-3-9-24-15/h4-7,11,15-16H,3,8-10H2,1-2H3,(H,21,22). The Labute approximate surface area is 139 Å². The van der Waals surface area contributed by atoms with Crippen molar-refractivity contribution in [1.82, 2.24) is 5.32 Å². The van der Waals surface area contributed by atoms with E-state index in [0.717, 1.165) is 18.6 Å². The maximum atomic E-state index is 12.7. The number of hydrogen-bond acceptors (Lipinski definition) is 3. The molecule has 1 aliphatic heterocycles. The normalized spacial score (nSPS) is 17.8. The summed E-state index contributed by atoms with van der Waals surface area (Å²) in [5, 5.41) is 2.86. The van der Waals surface area contributed by atoms with Gasteiger partial charge < -0.3 is 14.8 Å². The van der Waals surface area contributed by atoms with Gasteiger partial charge in [0.05, 0.1) is 31.2 Å². The number of amides is 1. The minimum Gasteiger partial charge on any atom is -0.352 e. The van der Waals surface area contributed by atoms with Crippen LogP contribution in [0.25, 0.3) is 0 Å². The molecule has 0 radical (unpaired) electrons. The number of halogens is 3. The fourth-order valence-corrected chi connectivity index (χ4v) is 2.55. The third-order valence-electron chi connectivity index (χ3n) is 3.83. The van der Waals surface area contributed by atoms with Crippen LogP contribution in [0.1, 0.15) is 43.9 Å². The van der Waals surface area contributed by atoms with Gasteiger partial charge in [-0.2, -0.15) is 13.2 Å². The molecule has 0 saturated carbocycles. The Kier molecular flexibility index (Phi) is 6.23. The molecule has 1 N–H and O–H groups in total. The van der Waals surface area contributed by atoms with Crippen molar-refractivity contribution in [2.75, 3.05) is 13.2 Å². The first-order valence-corrected chi connectivity index (χ1v) is 7.97. The molecular formula is C17H22F3NO3. The quantitative estimate of drug-likeness (QED) is 0.886. The van der Waals surface area contributed by atoms with E-state index in [0.29, 0.717) is 18.8 Å². The number of carbonyl (C=O) groups is 1. The molecule has 1 fully saturated rings. The zero-order chi connectivity index (χ0) is 17.7. The third kappa shape index (κ3) is 5.21. The van der Waals surface area contributed by atoms with Crippen molar-refractivity contribution in [3.63, 3.8) is 0 Å². The Morgan fingerprint density at radius 1 is 1.21 bits per heavy atom. The summed E-state index contributed by atoms with van der Waals surface area (Å²) < 4.78 is 48.6. The Hall–Kier alpha value is -1.60. The van der Waals surface area contributed by atoms with Gasteiger partial charge in [0.1, 0.15) is 0 Å². The average molecular weight is 345 g/mol. The molecule has 0 aliphatic carbocycles. The van der Waals surface area contributed by atoms with Crippen molar-refractivity contribution >= 4 is 5.91 Å². The minimum atomic E-state index is -4.37. The maximum absolute atomic E-state index is 12.7. The summed E-state index contributed by atoms with van der Waals surface area (Å²) in [6.07, 6.45) is -4.05. The topological polar surface area (TPSA) is 47.6 Å². The van der Waals surface area contributed by atoms with Crippen LogP contribution in [-0.4, -0.2) is 25.4 Å². The minimum absolute atomic E-state index is 0.0267. The Morgan fingerprint density at radius 2 is 1.79 bits per heavy atom. The van der Waals surface area contributed by atoms with Crippen LogP contribution in [0.4, 0.5) is 13.2 Å². The van der Waals surface area contributed by atoms with Gasteiger partial charge in [0, 0.05) is 0 Å². The smallest absolute Gasteiger partial charge is 0.352 e. The van der Waals surface area contributed by atoms with Crippen molar-refractivity contribution in [1.29, 1.82) is 0 Å². The highest BCUT2D eigenvalue weighted by molar-refractivity contribution is 5.76. The molecule has 1 atom stereocenters. The summed E-state index contributed by atoms with van der Waals surface area (Å²) in [5.74, 6) is -0.223. The highest BCUT2D eigenvalue weighted by Gasteiger charge is 2.30. The zero-order valence-corrected chi connectivity index (χ0v) is 13.7. The molecule has 4 nitrogen and oxygen atoms in total. The lowest BCUT2D eigenvalue weighted by molar-refractivity contribution is -0.184. The van der Waals surface area contributed by atoms with E-state index < -0.39 is 18.0 Å². The Bertz CT molecular complexity index is 537. The number of benzene rings is 1. The molecule has 2 rings (SSSR count). The van der Waals surface area contributed by atoms with Gasteiger partial charge in [-0.25, -0.2) is 0 Å². The first-order valence-electron chi connectivity index (χ1n) is 7.97. The molecule has 1 aromatic carbocycles. The van der Waals surface area contributed by atoms with E-state index in [-0.39, 0.29) is 24.3 Å². The van der Waals surface area contributed by atoms with Crippen LogP contribution in [-0.2, 0) is 20.4 Å². The van der Waals surface area contributed by atoms with Crippen molar-refractivity contribution in [3.8, 4) is 0 Å². The van der Waals surface area contributed by atoms with Crippen LogP contribution in [0.5, 0.6) is 0 Å². The lowest BCUT2D eigenvalue weighted by Gasteiger charge is -2.26. The summed E-state index contributed by atoms with van der Waals surface area (Å²) in [6.45, 7) is 4.92. The molecule has 134 valence electrons. The van der Waals surface area contributed by atoms with Gasteiger partial charge in [0.15, 0.2) is 6.29 Å². The van der Waals surface area contributed by atoms with Gasteiger partial charge in [0.25, 0.3) is 0 Å². The maximum Gasteiger partial charge on any atom is 0.416 e. The number of hydrogen-bond donors (Lipinski definition) is 1. The van der Waals surface area contributed by atoms with Crippen molar-refractivity contribution < 1.29 is 27.4 Å². The fourth-order valence-electron chi connectivity index (χ4n) is 2.55. The lowest BCUT2D eigenvalue weighted by atomic mass is 9.95. The van der Waals surface area contributed by atoms with Crippen LogP contribution < -0.4 is 5.32 Å². The van der Waals surface area contributed by atoms with Gasteiger partial charge in [-0.3, -0.25) is 4.79 Å². The Morgan fingerprint density at radius 3 is 2.29 bits per heavy atom. The van der Waals surface area contributed by atoms with Crippen LogP contribution >= 0.6 is 0 Å². The predicted octanol–water partition coefficient (Wildman–Crippen LogP) is 3.67. The molecular weight excluding hydrogens is 323 g/mol. The molecule has 1 unspecified atom stereocenters. The summed E-state index contributed by atoms with van der Waals surface area (Å²) >= 11 is 0. The molecule has 24 heavy (non-hydrogen) atoms. The third-order valence-corrected chi connectivity index (χ3v) is 3.83. The van der Waals surface area contributed by atoms with Gasteiger partial charge in [-0.15, -0.1) is 0 Å². The van der Waals surface area contributed by atoms with Gasteiger partial charge in [-0.1, -0.05) is 26.0 Å². The number of rotatable bonds is 5. The van der Waals surface area contributed by atoms with E-state index in [1.165, 1.54) is 12.1 Å². The van der Waals surface area contributed by atoms with E-state index in [9.17, 15) is 18.0 Å². The lowest BCUT2D eigenvalue weighted by Crippen LogP contribution is -2.36. The van der Waals surface area contributed by atoms with Gasteiger partial charge in [-0.05, 0) is 30.0 Å². The molecule has 7 heteroatoms. The first-order chi connectivity index (χ1) is 11.3. The van der Waals surface area contributed by atoms with Crippen LogP contribution in [0.2, 0.25) is 0 Å². The molecule has 1 amide bonds. The first kappa shape index (κ1) is 18.7. The van der Waals surface area contributed by atoms with Crippen LogP contribution in [0.3, 0.4) is 0 Å². The molecule has 0 spiro atoms. The van der Waals surface area contributed by atoms with E-state index >= 15 is 0 Å². The number of carbonyl (C=O) groups excluding carboxylic acids is 1. The highest BCUT2D eigenvalue weighted by atomic mass is 19.4. The second-order valence-electron chi connectivity index (χ2n) is 6.14. The largest absolute Gasteiger partial charge is 0.416 e. The molecule has 0 aromatic heterocycles. The Balaban J connectivity index is 2.02. The fraction of sp³-hybridized carbons (Fsp3) is 0.588. The summed E-state index contributed by atoms with van der Waals surface area (Å²) in [4.78, 5) is 12.2. The SMILES string of the molecule is CC(C)C(NC(=O)CC1OCCCO1)c1ccc(C(F)(F)F)cc1. The molecule has 1 aliphatic rings. The van der Waals surface area contributed by atoms with Gasteiger partial charge >= 0.3 is 6.18 Å². The predicted molar refractivity (Wildman–Crippen MR) is 82.1 cm³/mol. The van der Waals surface area contributed by atoms with E-state index in [4.69, 9.17) is 9.47 Å². The molecule has 1 heterocycles. The highest BCUT2D eigenvalue weighted by Crippen LogP contribution is 2.31. The monoisotopic (exact) mass is 345 g/mol. The van der Waals surface area contributed by atoms with Gasteiger partial charge in [0.2, 0.25) is 5.91 Å². The molecule has 0 bridgehead atoms. The summed E-state index contributed by atoms with van der Waals surface area (Å²) in [6, 6.07) is 4.50. The summed E-state index contributed by atoms with van der Waals surface area (Å²) in [5.41, 5.74) is -0.0686. The number of ether oxygens (including phenoxy) is 2. The number of nitrogens with one attached hydrogen (secondary N) is 1. The van der Waals surface area contributed by atoms with Crippen molar-refractivity contribution in [2.45, 2.75) is 45.2 Å². The van der Waals surface area contributed by atoms with Crippen LogP contribution in [0.15, 0.2) is 24.3 Å².